The smallest absolute Gasteiger partial charge is 0.337 e. The first-order valence-corrected chi connectivity index (χ1v) is 8.46. The Bertz CT molecular complexity index is 987. The topological polar surface area (TPSA) is 89.5 Å². The molecule has 1 aromatic heterocycles. The highest BCUT2D eigenvalue weighted by Gasteiger charge is 2.10. The van der Waals surface area contributed by atoms with Crippen molar-refractivity contribution in [2.24, 2.45) is 0 Å². The molecule has 0 saturated heterocycles. The van der Waals surface area contributed by atoms with Gasteiger partial charge >= 0.3 is 5.97 Å². The third-order valence-electron chi connectivity index (χ3n) is 3.96. The maximum absolute atomic E-state index is 12.5. The Balaban J connectivity index is 1.72. The van der Waals surface area contributed by atoms with Gasteiger partial charge in [0.2, 0.25) is 0 Å². The third-order valence-corrected chi connectivity index (χ3v) is 3.96. The number of aromatic nitrogens is 1. The van der Waals surface area contributed by atoms with E-state index in [9.17, 15) is 9.59 Å². The summed E-state index contributed by atoms with van der Waals surface area (Å²) in [6.45, 7) is 0. The summed E-state index contributed by atoms with van der Waals surface area (Å²) in [5, 5.41) is 5.93. The summed E-state index contributed by atoms with van der Waals surface area (Å²) in [7, 11) is 2.90. The van der Waals surface area contributed by atoms with Crippen LogP contribution in [-0.4, -0.2) is 31.1 Å². The molecule has 0 fully saturated rings. The number of carbonyl (C=O) groups excluding carboxylic acids is 2. The number of methoxy groups -OCH3 is 2. The molecular formula is C21H19N3O4. The fourth-order valence-electron chi connectivity index (χ4n) is 2.54. The monoisotopic (exact) mass is 377 g/mol. The zero-order chi connectivity index (χ0) is 19.9. The number of hydrogen-bond acceptors (Lipinski definition) is 6. The Hall–Kier alpha value is -3.87. The summed E-state index contributed by atoms with van der Waals surface area (Å²) in [5.74, 6) is 0.457. The lowest BCUT2D eigenvalue weighted by atomic mass is 10.2. The van der Waals surface area contributed by atoms with Crippen molar-refractivity contribution in [2.45, 2.75) is 0 Å². The van der Waals surface area contributed by atoms with Crippen molar-refractivity contribution in [1.29, 1.82) is 0 Å². The van der Waals surface area contributed by atoms with Crippen LogP contribution < -0.4 is 15.4 Å². The van der Waals surface area contributed by atoms with E-state index in [2.05, 4.69) is 20.4 Å². The van der Waals surface area contributed by atoms with Crippen LogP contribution >= 0.6 is 0 Å². The predicted octanol–water partition coefficient (Wildman–Crippen LogP) is 3.87. The zero-order valence-electron chi connectivity index (χ0n) is 15.4. The summed E-state index contributed by atoms with van der Waals surface area (Å²) in [6.07, 6.45) is 1.55. The lowest BCUT2D eigenvalue weighted by Gasteiger charge is -2.11. The molecule has 28 heavy (non-hydrogen) atoms. The molecule has 0 aliphatic carbocycles. The van der Waals surface area contributed by atoms with E-state index in [1.807, 2.05) is 24.3 Å². The van der Waals surface area contributed by atoms with Crippen LogP contribution in [0, 0.1) is 0 Å². The minimum Gasteiger partial charge on any atom is -0.495 e. The second-order valence-electron chi connectivity index (χ2n) is 5.78. The molecule has 1 heterocycles. The summed E-state index contributed by atoms with van der Waals surface area (Å²) < 4.78 is 9.96. The van der Waals surface area contributed by atoms with Crippen LogP contribution in [0.25, 0.3) is 0 Å². The molecule has 2 N–H and O–H groups in total. The van der Waals surface area contributed by atoms with Crippen molar-refractivity contribution in [3.05, 3.63) is 78.0 Å². The molecule has 7 heteroatoms. The number of ether oxygens (including phenoxy) is 2. The molecule has 3 rings (SSSR count). The number of nitrogens with one attached hydrogen (secondary N) is 2. The molecule has 0 spiro atoms. The van der Waals surface area contributed by atoms with Crippen molar-refractivity contribution >= 4 is 29.1 Å². The number of para-hydroxylation sites is 2. The van der Waals surface area contributed by atoms with Gasteiger partial charge < -0.3 is 20.1 Å². The Morgan fingerprint density at radius 3 is 2.39 bits per heavy atom. The standard InChI is InChI=1S/C21H19N3O4/c1-27-18-6-4-3-5-17(18)24-19-13-15(11-12-22-19)20(25)23-16-9-7-14(8-10-16)21(26)28-2/h3-13H,1-2H3,(H,22,24)(H,23,25). The highest BCUT2D eigenvalue weighted by Crippen LogP contribution is 2.26. The van der Waals surface area contributed by atoms with Crippen molar-refractivity contribution in [3.63, 3.8) is 0 Å². The van der Waals surface area contributed by atoms with Crippen molar-refractivity contribution < 1.29 is 19.1 Å². The second-order valence-corrected chi connectivity index (χ2v) is 5.78. The van der Waals surface area contributed by atoms with Gasteiger partial charge in [-0.05, 0) is 48.5 Å². The van der Waals surface area contributed by atoms with Gasteiger partial charge in [-0.25, -0.2) is 9.78 Å². The highest BCUT2D eigenvalue weighted by molar-refractivity contribution is 6.05. The molecule has 1 amide bonds. The molecule has 0 aliphatic heterocycles. The molecule has 0 unspecified atom stereocenters. The number of benzene rings is 2. The van der Waals surface area contributed by atoms with Crippen LogP contribution in [0.15, 0.2) is 66.9 Å². The molecule has 2 aromatic carbocycles. The fraction of sp³-hybridized carbons (Fsp3) is 0.0952. The Labute approximate surface area is 162 Å². The fourth-order valence-corrected chi connectivity index (χ4v) is 2.54. The number of carbonyl (C=O) groups is 2. The van der Waals surface area contributed by atoms with Gasteiger partial charge in [-0.1, -0.05) is 12.1 Å². The Morgan fingerprint density at radius 2 is 1.68 bits per heavy atom. The van der Waals surface area contributed by atoms with E-state index in [-0.39, 0.29) is 5.91 Å². The number of amides is 1. The van der Waals surface area contributed by atoms with Gasteiger partial charge in [0.05, 0.1) is 25.5 Å². The molecular weight excluding hydrogens is 358 g/mol. The molecule has 0 radical (unpaired) electrons. The summed E-state index contributed by atoms with van der Waals surface area (Å²) in [4.78, 5) is 28.2. The third kappa shape index (κ3) is 4.45. The molecule has 142 valence electrons. The largest absolute Gasteiger partial charge is 0.495 e. The molecule has 0 aliphatic rings. The number of pyridine rings is 1. The summed E-state index contributed by atoms with van der Waals surface area (Å²) in [6, 6.07) is 17.1. The predicted molar refractivity (Wildman–Crippen MR) is 106 cm³/mol. The first-order valence-electron chi connectivity index (χ1n) is 8.46. The average Bonchev–Trinajstić information content (AvgIpc) is 2.74. The first-order chi connectivity index (χ1) is 13.6. The normalized spacial score (nSPS) is 10.1. The summed E-state index contributed by atoms with van der Waals surface area (Å²) >= 11 is 0. The minimum absolute atomic E-state index is 0.295. The number of hydrogen-bond donors (Lipinski definition) is 2. The van der Waals surface area contributed by atoms with E-state index in [1.54, 1.807) is 49.7 Å². The SMILES string of the molecule is COC(=O)c1ccc(NC(=O)c2ccnc(Nc3ccccc3OC)c2)cc1. The van der Waals surface area contributed by atoms with Crippen molar-refractivity contribution in [3.8, 4) is 5.75 Å². The van der Waals surface area contributed by atoms with Gasteiger partial charge in [-0.2, -0.15) is 0 Å². The van der Waals surface area contributed by atoms with Crippen LogP contribution in [0.3, 0.4) is 0 Å². The van der Waals surface area contributed by atoms with Gasteiger partial charge in [0, 0.05) is 17.4 Å². The molecule has 0 saturated carbocycles. The van der Waals surface area contributed by atoms with E-state index in [0.717, 1.165) is 5.69 Å². The van der Waals surface area contributed by atoms with E-state index in [1.165, 1.54) is 7.11 Å². The van der Waals surface area contributed by atoms with Gasteiger partial charge in [-0.15, -0.1) is 0 Å². The average molecular weight is 377 g/mol. The van der Waals surface area contributed by atoms with Gasteiger partial charge in [-0.3, -0.25) is 4.79 Å². The van der Waals surface area contributed by atoms with Crippen LogP contribution in [0.2, 0.25) is 0 Å². The van der Waals surface area contributed by atoms with E-state index in [0.29, 0.717) is 28.4 Å². The number of rotatable bonds is 6. The maximum Gasteiger partial charge on any atom is 0.337 e. The number of nitrogens with zero attached hydrogens (tertiary/aromatic N) is 1. The molecule has 7 nitrogen and oxygen atoms in total. The van der Waals surface area contributed by atoms with E-state index >= 15 is 0 Å². The van der Waals surface area contributed by atoms with Crippen LogP contribution in [0.4, 0.5) is 17.2 Å². The highest BCUT2D eigenvalue weighted by atomic mass is 16.5. The van der Waals surface area contributed by atoms with Gasteiger partial charge in [0.25, 0.3) is 5.91 Å². The maximum atomic E-state index is 12.5. The molecule has 3 aromatic rings. The van der Waals surface area contributed by atoms with E-state index in [4.69, 9.17) is 4.74 Å². The van der Waals surface area contributed by atoms with E-state index < -0.39 is 5.97 Å². The van der Waals surface area contributed by atoms with Crippen molar-refractivity contribution in [2.75, 3.05) is 24.9 Å². The Morgan fingerprint density at radius 1 is 0.929 bits per heavy atom. The molecule has 0 atom stereocenters. The zero-order valence-corrected chi connectivity index (χ0v) is 15.4. The lowest BCUT2D eigenvalue weighted by molar-refractivity contribution is 0.0600. The molecule has 0 bridgehead atoms. The Kier molecular flexibility index (Phi) is 5.86. The number of esters is 1. The van der Waals surface area contributed by atoms with Crippen molar-refractivity contribution in [1.82, 2.24) is 4.98 Å². The van der Waals surface area contributed by atoms with Gasteiger partial charge in [0.1, 0.15) is 11.6 Å². The quantitative estimate of drug-likeness (QED) is 0.634. The second kappa shape index (κ2) is 8.68. The minimum atomic E-state index is -0.431. The lowest BCUT2D eigenvalue weighted by Crippen LogP contribution is -2.12. The van der Waals surface area contributed by atoms with Crippen LogP contribution in [-0.2, 0) is 4.74 Å². The van der Waals surface area contributed by atoms with Crippen LogP contribution in [0.5, 0.6) is 5.75 Å². The number of anilines is 3. The van der Waals surface area contributed by atoms with Crippen LogP contribution in [0.1, 0.15) is 20.7 Å². The van der Waals surface area contributed by atoms with Gasteiger partial charge in [0.15, 0.2) is 0 Å². The first kappa shape index (κ1) is 18.9. The summed E-state index contributed by atoms with van der Waals surface area (Å²) in [5.41, 5.74) is 2.15.